The van der Waals surface area contributed by atoms with E-state index in [1.165, 1.54) is 11.3 Å². The van der Waals surface area contributed by atoms with Crippen molar-refractivity contribution in [3.8, 4) is 0 Å². The lowest BCUT2D eigenvalue weighted by Gasteiger charge is -2.17. The lowest BCUT2D eigenvalue weighted by molar-refractivity contribution is 0.480. The predicted molar refractivity (Wildman–Crippen MR) is 62.1 cm³/mol. The van der Waals surface area contributed by atoms with Crippen LogP contribution in [0, 0.1) is 5.41 Å². The van der Waals surface area contributed by atoms with E-state index in [-0.39, 0.29) is 0 Å². The van der Waals surface area contributed by atoms with Gasteiger partial charge in [-0.1, -0.05) is 51.1 Å². The molecule has 0 saturated carbocycles. The van der Waals surface area contributed by atoms with Gasteiger partial charge in [-0.05, 0) is 16.7 Å². The monoisotopic (exact) mass is 194 g/mol. The molecule has 0 radical (unpaired) electrons. The van der Waals surface area contributed by atoms with Crippen molar-refractivity contribution in [1.82, 2.24) is 0 Å². The highest BCUT2D eigenvalue weighted by molar-refractivity contribution is 7.98. The van der Waals surface area contributed by atoms with Crippen LogP contribution in [0.5, 0.6) is 0 Å². The van der Waals surface area contributed by atoms with Crippen molar-refractivity contribution >= 4 is 11.8 Å². The van der Waals surface area contributed by atoms with Gasteiger partial charge in [-0.15, -0.1) is 0 Å². The highest BCUT2D eigenvalue weighted by Crippen LogP contribution is 2.22. The fraction of sp³-hybridized carbons (Fsp3) is 0.500. The first kappa shape index (κ1) is 10.6. The van der Waals surface area contributed by atoms with Crippen LogP contribution in [0.2, 0.25) is 0 Å². The molecule has 0 amide bonds. The minimum Gasteiger partial charge on any atom is -0.157 e. The molecule has 0 nitrogen and oxygen atoms in total. The van der Waals surface area contributed by atoms with Gasteiger partial charge in [0, 0.05) is 5.75 Å². The average molecular weight is 194 g/mol. The first-order valence-electron chi connectivity index (χ1n) is 4.70. The summed E-state index contributed by atoms with van der Waals surface area (Å²) in [5, 5.41) is 0. The second-order valence-corrected chi connectivity index (χ2v) is 5.52. The maximum atomic E-state index is 2.28. The second kappa shape index (κ2) is 4.71. The Morgan fingerprint density at radius 2 is 1.69 bits per heavy atom. The summed E-state index contributed by atoms with van der Waals surface area (Å²) in [5.74, 6) is 2.36. The minimum atomic E-state index is 0.444. The Labute approximate surface area is 85.7 Å². The van der Waals surface area contributed by atoms with E-state index in [2.05, 4.69) is 51.1 Å². The highest BCUT2D eigenvalue weighted by Gasteiger charge is 2.09. The van der Waals surface area contributed by atoms with Gasteiger partial charge in [0.1, 0.15) is 0 Å². The number of hydrogen-bond acceptors (Lipinski definition) is 1. The molecule has 1 rings (SSSR count). The maximum Gasteiger partial charge on any atom is 0.0184 e. The quantitative estimate of drug-likeness (QED) is 0.701. The molecule has 0 aromatic heterocycles. The predicted octanol–water partition coefficient (Wildman–Crippen LogP) is 3.97. The van der Waals surface area contributed by atoms with Gasteiger partial charge in [-0.3, -0.25) is 0 Å². The largest absolute Gasteiger partial charge is 0.157 e. The molecule has 72 valence electrons. The van der Waals surface area contributed by atoms with E-state index in [0.717, 1.165) is 5.75 Å². The van der Waals surface area contributed by atoms with Crippen molar-refractivity contribution in [3.05, 3.63) is 35.9 Å². The van der Waals surface area contributed by atoms with E-state index in [1.54, 1.807) is 0 Å². The van der Waals surface area contributed by atoms with E-state index in [4.69, 9.17) is 0 Å². The zero-order chi connectivity index (χ0) is 9.73. The number of rotatable bonds is 3. The Kier molecular flexibility index (Phi) is 3.86. The number of hydrogen-bond donors (Lipinski definition) is 0. The van der Waals surface area contributed by atoms with Gasteiger partial charge < -0.3 is 0 Å². The average Bonchev–Trinajstić information content (AvgIpc) is 2.04. The zero-order valence-electron chi connectivity index (χ0n) is 8.71. The highest BCUT2D eigenvalue weighted by atomic mass is 32.2. The molecule has 1 aromatic rings. The fourth-order valence-electron chi connectivity index (χ4n) is 1.05. The molecule has 0 unspecified atom stereocenters. The maximum absolute atomic E-state index is 2.28. The number of benzene rings is 1. The summed E-state index contributed by atoms with van der Waals surface area (Å²) in [5.41, 5.74) is 1.87. The summed E-state index contributed by atoms with van der Waals surface area (Å²) in [7, 11) is 0. The molecule has 1 aromatic carbocycles. The van der Waals surface area contributed by atoms with E-state index >= 15 is 0 Å². The molecule has 0 aliphatic rings. The molecule has 0 aliphatic carbocycles. The lowest BCUT2D eigenvalue weighted by Crippen LogP contribution is -2.08. The van der Waals surface area contributed by atoms with E-state index in [1.807, 2.05) is 11.8 Å². The van der Waals surface area contributed by atoms with Crippen LogP contribution in [0.25, 0.3) is 0 Å². The molecular formula is C12H18S. The fourth-order valence-corrected chi connectivity index (χ4v) is 2.19. The second-order valence-electron chi connectivity index (χ2n) is 4.54. The van der Waals surface area contributed by atoms with Crippen LogP contribution in [0.1, 0.15) is 26.3 Å². The molecule has 0 saturated heterocycles. The Balaban J connectivity index is 2.29. The smallest absolute Gasteiger partial charge is 0.0184 e. The van der Waals surface area contributed by atoms with Crippen molar-refractivity contribution in [3.63, 3.8) is 0 Å². The van der Waals surface area contributed by atoms with Gasteiger partial charge in [0.2, 0.25) is 0 Å². The first-order valence-corrected chi connectivity index (χ1v) is 5.85. The Morgan fingerprint density at radius 1 is 1.08 bits per heavy atom. The van der Waals surface area contributed by atoms with Crippen LogP contribution in [-0.2, 0) is 5.75 Å². The number of thioether (sulfide) groups is 1. The molecule has 0 heterocycles. The van der Waals surface area contributed by atoms with E-state index < -0.39 is 0 Å². The van der Waals surface area contributed by atoms with Gasteiger partial charge in [0.05, 0.1) is 0 Å². The van der Waals surface area contributed by atoms with Crippen LogP contribution < -0.4 is 0 Å². The summed E-state index contributed by atoms with van der Waals surface area (Å²) in [4.78, 5) is 0. The van der Waals surface area contributed by atoms with Crippen molar-refractivity contribution in [1.29, 1.82) is 0 Å². The normalized spacial score (nSPS) is 11.6. The summed E-state index contributed by atoms with van der Waals surface area (Å²) >= 11 is 2.01. The SMILES string of the molecule is CC(C)(C)CSCc1ccccc1. The Morgan fingerprint density at radius 3 is 2.23 bits per heavy atom. The van der Waals surface area contributed by atoms with Crippen molar-refractivity contribution in [2.24, 2.45) is 5.41 Å². The van der Waals surface area contributed by atoms with Gasteiger partial charge in [0.25, 0.3) is 0 Å². The molecule has 0 bridgehead atoms. The van der Waals surface area contributed by atoms with Crippen LogP contribution >= 0.6 is 11.8 Å². The van der Waals surface area contributed by atoms with Crippen molar-refractivity contribution < 1.29 is 0 Å². The van der Waals surface area contributed by atoms with E-state index in [9.17, 15) is 0 Å². The Hall–Kier alpha value is -0.430. The molecule has 0 fully saturated rings. The van der Waals surface area contributed by atoms with Crippen molar-refractivity contribution in [2.75, 3.05) is 5.75 Å². The Bertz CT molecular complexity index is 233. The van der Waals surface area contributed by atoms with Crippen molar-refractivity contribution in [2.45, 2.75) is 26.5 Å². The molecule has 1 heteroatoms. The molecule has 0 spiro atoms. The third-order valence-corrected chi connectivity index (χ3v) is 3.25. The molecular weight excluding hydrogens is 176 g/mol. The molecule has 13 heavy (non-hydrogen) atoms. The first-order chi connectivity index (χ1) is 6.08. The molecule has 0 N–H and O–H groups in total. The minimum absolute atomic E-state index is 0.444. The van der Waals surface area contributed by atoms with E-state index in [0.29, 0.717) is 5.41 Å². The van der Waals surface area contributed by atoms with Gasteiger partial charge in [0.15, 0.2) is 0 Å². The third kappa shape index (κ3) is 4.99. The van der Waals surface area contributed by atoms with Gasteiger partial charge in [-0.25, -0.2) is 0 Å². The molecule has 0 aliphatic heterocycles. The van der Waals surface area contributed by atoms with Crippen LogP contribution in [-0.4, -0.2) is 5.75 Å². The molecule has 0 atom stereocenters. The summed E-state index contributed by atoms with van der Waals surface area (Å²) in [6.07, 6.45) is 0. The van der Waals surface area contributed by atoms with Gasteiger partial charge in [-0.2, -0.15) is 11.8 Å². The lowest BCUT2D eigenvalue weighted by atomic mass is 10.0. The summed E-state index contributed by atoms with van der Waals surface area (Å²) in [6, 6.07) is 10.7. The van der Waals surface area contributed by atoms with Gasteiger partial charge >= 0.3 is 0 Å². The van der Waals surface area contributed by atoms with Crippen LogP contribution in [0.4, 0.5) is 0 Å². The van der Waals surface area contributed by atoms with Crippen LogP contribution in [0.3, 0.4) is 0 Å². The standard InChI is InChI=1S/C12H18S/c1-12(2,3)10-13-9-11-7-5-4-6-8-11/h4-8H,9-10H2,1-3H3. The summed E-state index contributed by atoms with van der Waals surface area (Å²) in [6.45, 7) is 6.85. The topological polar surface area (TPSA) is 0 Å². The third-order valence-electron chi connectivity index (χ3n) is 1.65. The zero-order valence-corrected chi connectivity index (χ0v) is 9.53. The van der Waals surface area contributed by atoms with Crippen LogP contribution in [0.15, 0.2) is 30.3 Å². The summed E-state index contributed by atoms with van der Waals surface area (Å²) < 4.78 is 0.